The first-order valence-electron chi connectivity index (χ1n) is 8.53. The van der Waals surface area contributed by atoms with Crippen molar-refractivity contribution in [1.29, 1.82) is 5.26 Å². The number of amides is 1. The molecule has 7 nitrogen and oxygen atoms in total. The summed E-state index contributed by atoms with van der Waals surface area (Å²) in [5, 5.41) is 25.2. The summed E-state index contributed by atoms with van der Waals surface area (Å²) in [4.78, 5) is 16.7. The summed E-state index contributed by atoms with van der Waals surface area (Å²) < 4.78 is 1.64. The van der Waals surface area contributed by atoms with E-state index in [9.17, 15) is 9.90 Å². The Bertz CT molecular complexity index is 1200. The highest BCUT2D eigenvalue weighted by Crippen LogP contribution is 2.26. The number of halogens is 1. The predicted molar refractivity (Wildman–Crippen MR) is 123 cm³/mol. The first-order chi connectivity index (χ1) is 14.0. The van der Waals surface area contributed by atoms with Gasteiger partial charge in [-0.2, -0.15) is 10.4 Å². The molecule has 0 saturated heterocycles. The maximum absolute atomic E-state index is 11.6. The molecule has 0 aliphatic rings. The van der Waals surface area contributed by atoms with E-state index in [1.807, 2.05) is 5.38 Å². The number of primary amides is 1. The summed E-state index contributed by atoms with van der Waals surface area (Å²) in [7, 11) is 0. The van der Waals surface area contributed by atoms with Crippen LogP contribution in [0.3, 0.4) is 0 Å². The minimum absolute atomic E-state index is 0. The Morgan fingerprint density at radius 3 is 2.67 bits per heavy atom. The van der Waals surface area contributed by atoms with Crippen LogP contribution < -0.4 is 10.5 Å². The van der Waals surface area contributed by atoms with Gasteiger partial charge in [-0.25, -0.2) is 4.68 Å². The topological polar surface area (TPSA) is 117 Å². The maximum Gasteiger partial charge on any atom is 0.252 e. The smallest absolute Gasteiger partial charge is 0.252 e. The maximum atomic E-state index is 11.6. The number of carbonyl (C=O) groups excluding carboxylic acids is 1. The third-order valence-electron chi connectivity index (χ3n) is 3.96. The van der Waals surface area contributed by atoms with Crippen LogP contribution in [-0.2, 0) is 0 Å². The highest BCUT2D eigenvalue weighted by Gasteiger charge is 2.13. The molecular formula is C21H18BrN5O2S. The van der Waals surface area contributed by atoms with Crippen molar-refractivity contribution in [1.82, 2.24) is 4.68 Å². The Morgan fingerprint density at radius 2 is 2.03 bits per heavy atom. The van der Waals surface area contributed by atoms with Gasteiger partial charge < -0.3 is 10.8 Å². The van der Waals surface area contributed by atoms with Gasteiger partial charge in [-0.1, -0.05) is 18.2 Å². The zero-order valence-electron chi connectivity index (χ0n) is 15.7. The van der Waals surface area contributed by atoms with Gasteiger partial charge in [0.05, 0.1) is 35.6 Å². The molecule has 9 heteroatoms. The zero-order valence-corrected chi connectivity index (χ0v) is 18.3. The van der Waals surface area contributed by atoms with Crippen molar-refractivity contribution >= 4 is 40.4 Å². The molecule has 3 rings (SSSR count). The number of aromatic hydroxyl groups is 1. The van der Waals surface area contributed by atoms with E-state index in [0.717, 1.165) is 5.56 Å². The molecule has 1 heterocycles. The van der Waals surface area contributed by atoms with Gasteiger partial charge in [0.15, 0.2) is 0 Å². The first kappa shape index (κ1) is 22.8. The van der Waals surface area contributed by atoms with Gasteiger partial charge in [-0.15, -0.1) is 34.9 Å². The van der Waals surface area contributed by atoms with Crippen molar-refractivity contribution in [3.63, 3.8) is 0 Å². The second-order valence-corrected chi connectivity index (χ2v) is 6.76. The number of carbonyl (C=O) groups is 1. The fraction of sp³-hybridized carbons (Fsp3) is 0.0476. The second kappa shape index (κ2) is 10.3. The number of thiazole rings is 1. The fourth-order valence-electron chi connectivity index (χ4n) is 2.52. The van der Waals surface area contributed by atoms with Gasteiger partial charge in [0, 0.05) is 10.9 Å². The summed E-state index contributed by atoms with van der Waals surface area (Å²) in [5.74, 6) is -0.899. The van der Waals surface area contributed by atoms with E-state index < -0.39 is 5.91 Å². The van der Waals surface area contributed by atoms with Crippen LogP contribution in [0.15, 0.2) is 70.6 Å². The number of aromatic nitrogens is 1. The van der Waals surface area contributed by atoms with Crippen molar-refractivity contribution in [2.45, 2.75) is 0 Å². The van der Waals surface area contributed by atoms with Gasteiger partial charge >= 0.3 is 0 Å². The monoisotopic (exact) mass is 483 g/mol. The molecule has 0 fully saturated rings. The largest absolute Gasteiger partial charge is 0.507 e. The molecule has 3 aromatic rings. The number of phenols is 1. The Hall–Kier alpha value is -3.48. The molecule has 0 atom stereocenters. The minimum atomic E-state index is -0.719. The molecule has 0 spiro atoms. The Kier molecular flexibility index (Phi) is 7.86. The summed E-state index contributed by atoms with van der Waals surface area (Å²) >= 11 is 1.38. The quantitative estimate of drug-likeness (QED) is 0.412. The van der Waals surface area contributed by atoms with Crippen LogP contribution in [0, 0.1) is 11.3 Å². The van der Waals surface area contributed by atoms with Gasteiger partial charge in [-0.3, -0.25) is 9.79 Å². The lowest BCUT2D eigenvalue weighted by atomic mass is 10.1. The van der Waals surface area contributed by atoms with E-state index in [4.69, 9.17) is 11.0 Å². The molecule has 0 aliphatic carbocycles. The van der Waals surface area contributed by atoms with Gasteiger partial charge in [0.1, 0.15) is 5.75 Å². The summed E-state index contributed by atoms with van der Waals surface area (Å²) in [6.07, 6.45) is 3.33. The van der Waals surface area contributed by atoms with Gasteiger partial charge in [0.25, 0.3) is 5.91 Å². The Labute approximate surface area is 187 Å². The van der Waals surface area contributed by atoms with E-state index in [1.165, 1.54) is 23.5 Å². The van der Waals surface area contributed by atoms with E-state index >= 15 is 0 Å². The molecule has 30 heavy (non-hydrogen) atoms. The minimum Gasteiger partial charge on any atom is -0.507 e. The van der Waals surface area contributed by atoms with Crippen LogP contribution in [0.1, 0.15) is 21.5 Å². The molecule has 1 amide bonds. The third-order valence-corrected chi connectivity index (χ3v) is 4.81. The van der Waals surface area contributed by atoms with Gasteiger partial charge in [0.2, 0.25) is 4.80 Å². The average Bonchev–Trinajstić information content (AvgIpc) is 3.13. The standard InChI is InChI=1S/C21H17N5O2S.BrH/c1-2-9-24-21-26(25-12-15-5-3-14(11-22)4-6-15)18(13-29-21)16-7-8-19(27)17(10-16)20(23)28;/h2-8,10,12-13,27H,1,9H2,(H2,23,28);1H. The van der Waals surface area contributed by atoms with Crippen molar-refractivity contribution in [2.24, 2.45) is 15.8 Å². The lowest BCUT2D eigenvalue weighted by Gasteiger charge is -2.06. The first-order valence-corrected chi connectivity index (χ1v) is 9.41. The molecule has 1 aromatic heterocycles. The van der Waals surface area contributed by atoms with Gasteiger partial charge in [-0.05, 0) is 35.9 Å². The molecule has 0 saturated carbocycles. The molecule has 0 bridgehead atoms. The number of nitrogens with two attached hydrogens (primary N) is 1. The van der Waals surface area contributed by atoms with Crippen molar-refractivity contribution in [3.8, 4) is 23.1 Å². The number of nitrogens with zero attached hydrogens (tertiary/aromatic N) is 4. The lowest BCUT2D eigenvalue weighted by molar-refractivity contribution is 0.0998. The molecule has 0 aliphatic heterocycles. The second-order valence-electron chi connectivity index (χ2n) is 5.92. The van der Waals surface area contributed by atoms with Crippen LogP contribution in [0.4, 0.5) is 0 Å². The fourth-order valence-corrected chi connectivity index (χ4v) is 3.37. The SMILES string of the molecule is Br.C=CCN=c1scc(-c2ccc(O)c(C(N)=O)c2)n1N=Cc1ccc(C#N)cc1. The lowest BCUT2D eigenvalue weighted by Crippen LogP contribution is -2.13. The Balaban J connectivity index is 0.00000320. The van der Waals surface area contributed by atoms with Crippen molar-refractivity contribution in [2.75, 3.05) is 6.54 Å². The van der Waals surface area contributed by atoms with Crippen molar-refractivity contribution < 1.29 is 9.90 Å². The van der Waals surface area contributed by atoms with Crippen LogP contribution >= 0.6 is 28.3 Å². The molecule has 3 N–H and O–H groups in total. The molecule has 0 unspecified atom stereocenters. The third kappa shape index (κ3) is 5.11. The van der Waals surface area contributed by atoms with E-state index in [1.54, 1.807) is 47.3 Å². The van der Waals surface area contributed by atoms with E-state index in [2.05, 4.69) is 22.7 Å². The van der Waals surface area contributed by atoms with Crippen LogP contribution in [0.5, 0.6) is 5.75 Å². The average molecular weight is 484 g/mol. The van der Waals surface area contributed by atoms with E-state index in [-0.39, 0.29) is 28.3 Å². The number of benzene rings is 2. The number of nitriles is 1. The highest BCUT2D eigenvalue weighted by molar-refractivity contribution is 8.93. The van der Waals surface area contributed by atoms with Crippen molar-refractivity contribution in [3.05, 3.63) is 82.0 Å². The molecular weight excluding hydrogens is 466 g/mol. The highest BCUT2D eigenvalue weighted by atomic mass is 79.9. The number of hydrogen-bond donors (Lipinski definition) is 2. The van der Waals surface area contributed by atoms with Crippen LogP contribution in [0.2, 0.25) is 0 Å². The normalized spacial score (nSPS) is 11.1. The Morgan fingerprint density at radius 1 is 1.30 bits per heavy atom. The molecule has 0 radical (unpaired) electrons. The number of rotatable bonds is 6. The molecule has 2 aromatic carbocycles. The predicted octanol–water partition coefficient (Wildman–Crippen LogP) is 3.44. The summed E-state index contributed by atoms with van der Waals surface area (Å²) in [6, 6.07) is 13.7. The summed E-state index contributed by atoms with van der Waals surface area (Å²) in [6.45, 7) is 4.10. The zero-order chi connectivity index (χ0) is 20.8. The number of hydrogen-bond acceptors (Lipinski definition) is 6. The van der Waals surface area contributed by atoms with Crippen LogP contribution in [0.25, 0.3) is 11.3 Å². The molecule has 152 valence electrons. The van der Waals surface area contributed by atoms with Crippen LogP contribution in [-0.4, -0.2) is 28.4 Å². The summed E-state index contributed by atoms with van der Waals surface area (Å²) in [5.41, 5.74) is 8.09. The van der Waals surface area contributed by atoms with E-state index in [0.29, 0.717) is 28.2 Å².